The highest BCUT2D eigenvalue weighted by Gasteiger charge is 2.07. The highest BCUT2D eigenvalue weighted by Crippen LogP contribution is 2.16. The highest BCUT2D eigenvalue weighted by molar-refractivity contribution is 7.99. The average Bonchev–Trinajstić information content (AvgIpc) is 2.89. The Morgan fingerprint density at radius 2 is 2.24 bits per heavy atom. The minimum Gasteiger partial charge on any atom is -0.357 e. The molecular formula is C10H14N6S. The summed E-state index contributed by atoms with van der Waals surface area (Å²) in [5.74, 6) is 2.09. The average molecular weight is 250 g/mol. The Morgan fingerprint density at radius 3 is 2.88 bits per heavy atom. The van der Waals surface area contributed by atoms with E-state index in [1.807, 2.05) is 12.3 Å². The maximum Gasteiger partial charge on any atom is 0.256 e. The molecule has 2 heterocycles. The van der Waals surface area contributed by atoms with Crippen molar-refractivity contribution in [1.29, 1.82) is 0 Å². The van der Waals surface area contributed by atoms with Crippen molar-refractivity contribution in [2.75, 3.05) is 18.1 Å². The minimum absolute atomic E-state index is 0.535. The van der Waals surface area contributed by atoms with Gasteiger partial charge in [-0.1, -0.05) is 18.7 Å². The van der Waals surface area contributed by atoms with E-state index >= 15 is 0 Å². The molecule has 2 aromatic rings. The van der Waals surface area contributed by atoms with Gasteiger partial charge in [-0.2, -0.15) is 20.1 Å². The van der Waals surface area contributed by atoms with Gasteiger partial charge in [0.2, 0.25) is 5.95 Å². The molecule has 0 radical (unpaired) electrons. The number of hydrogen-bond donors (Lipinski definition) is 1. The smallest absolute Gasteiger partial charge is 0.256 e. The van der Waals surface area contributed by atoms with Crippen LogP contribution in [0.2, 0.25) is 0 Å². The van der Waals surface area contributed by atoms with Crippen LogP contribution < -0.4 is 5.32 Å². The summed E-state index contributed by atoms with van der Waals surface area (Å²) in [5, 5.41) is 7.76. The van der Waals surface area contributed by atoms with E-state index in [9.17, 15) is 0 Å². The summed E-state index contributed by atoms with van der Waals surface area (Å²) in [6, 6.07) is 1.84. The van der Waals surface area contributed by atoms with Gasteiger partial charge in [0.15, 0.2) is 5.16 Å². The summed E-state index contributed by atoms with van der Waals surface area (Å²) in [7, 11) is 1.79. The molecule has 2 rings (SSSR count). The molecule has 7 heteroatoms. The van der Waals surface area contributed by atoms with Crippen LogP contribution in [-0.4, -0.2) is 37.5 Å². The Morgan fingerprint density at radius 1 is 1.35 bits per heavy atom. The fraction of sp³-hybridized carbons (Fsp3) is 0.400. The van der Waals surface area contributed by atoms with Crippen molar-refractivity contribution in [1.82, 2.24) is 24.7 Å². The monoisotopic (exact) mass is 250 g/mol. The van der Waals surface area contributed by atoms with E-state index in [-0.39, 0.29) is 0 Å². The Balaban J connectivity index is 2.32. The molecule has 1 N–H and O–H groups in total. The predicted octanol–water partition coefficient (Wildman–Crippen LogP) is 1.60. The second-order valence-electron chi connectivity index (χ2n) is 3.29. The lowest BCUT2D eigenvalue weighted by atomic mass is 10.6. The standard InChI is InChI=1S/C10H14N6S/c1-3-7-17-10-14-8(11-2)13-9(15-10)16-6-4-5-12-16/h4-6H,3,7H2,1-2H3,(H,11,13,14,15). The van der Waals surface area contributed by atoms with E-state index in [4.69, 9.17) is 0 Å². The van der Waals surface area contributed by atoms with Crippen LogP contribution in [0.5, 0.6) is 0 Å². The normalized spacial score (nSPS) is 10.5. The molecule has 0 saturated heterocycles. The summed E-state index contributed by atoms with van der Waals surface area (Å²) < 4.78 is 1.62. The van der Waals surface area contributed by atoms with Gasteiger partial charge in [0, 0.05) is 25.2 Å². The van der Waals surface area contributed by atoms with Crippen molar-refractivity contribution in [2.24, 2.45) is 0 Å². The summed E-state index contributed by atoms with van der Waals surface area (Å²) in [5.41, 5.74) is 0. The first-order valence-corrected chi connectivity index (χ1v) is 6.38. The number of aromatic nitrogens is 5. The van der Waals surface area contributed by atoms with Gasteiger partial charge in [-0.05, 0) is 12.5 Å². The zero-order valence-electron chi connectivity index (χ0n) is 9.79. The number of hydrogen-bond acceptors (Lipinski definition) is 6. The number of thioether (sulfide) groups is 1. The fourth-order valence-corrected chi connectivity index (χ4v) is 1.89. The molecule has 0 aliphatic rings. The van der Waals surface area contributed by atoms with Gasteiger partial charge in [0.05, 0.1) is 0 Å². The molecule has 17 heavy (non-hydrogen) atoms. The van der Waals surface area contributed by atoms with E-state index in [2.05, 4.69) is 32.3 Å². The molecule has 0 amide bonds. The van der Waals surface area contributed by atoms with E-state index in [1.54, 1.807) is 29.7 Å². The third-order valence-electron chi connectivity index (χ3n) is 1.97. The van der Waals surface area contributed by atoms with Gasteiger partial charge < -0.3 is 5.32 Å². The Labute approximate surface area is 104 Å². The van der Waals surface area contributed by atoms with Gasteiger partial charge >= 0.3 is 0 Å². The lowest BCUT2D eigenvalue weighted by Gasteiger charge is -2.05. The molecule has 0 atom stereocenters. The molecular weight excluding hydrogens is 236 g/mol. The topological polar surface area (TPSA) is 68.5 Å². The van der Waals surface area contributed by atoms with Crippen LogP contribution in [0.1, 0.15) is 13.3 Å². The molecule has 0 aliphatic heterocycles. The maximum atomic E-state index is 4.36. The van der Waals surface area contributed by atoms with Crippen LogP contribution in [0, 0.1) is 0 Å². The van der Waals surface area contributed by atoms with Gasteiger partial charge in [-0.15, -0.1) is 0 Å². The molecule has 6 nitrogen and oxygen atoms in total. The molecule has 90 valence electrons. The SMILES string of the molecule is CCCSc1nc(NC)nc(-n2cccn2)n1. The van der Waals surface area contributed by atoms with Gasteiger partial charge in [0.25, 0.3) is 5.95 Å². The lowest BCUT2D eigenvalue weighted by molar-refractivity contribution is 0.762. The van der Waals surface area contributed by atoms with Crippen LogP contribution in [0.4, 0.5) is 5.95 Å². The maximum absolute atomic E-state index is 4.36. The molecule has 0 saturated carbocycles. The molecule has 0 aliphatic carbocycles. The Kier molecular flexibility index (Phi) is 3.92. The zero-order chi connectivity index (χ0) is 12.1. The molecule has 2 aromatic heterocycles. The third-order valence-corrected chi connectivity index (χ3v) is 3.02. The van der Waals surface area contributed by atoms with Crippen LogP contribution in [0.15, 0.2) is 23.6 Å². The molecule has 0 bridgehead atoms. The number of nitrogens with one attached hydrogen (secondary N) is 1. The number of nitrogens with zero attached hydrogens (tertiary/aromatic N) is 5. The quantitative estimate of drug-likeness (QED) is 0.813. The predicted molar refractivity (Wildman–Crippen MR) is 67.5 cm³/mol. The minimum atomic E-state index is 0.535. The highest BCUT2D eigenvalue weighted by atomic mass is 32.2. The van der Waals surface area contributed by atoms with Crippen LogP contribution >= 0.6 is 11.8 Å². The summed E-state index contributed by atoms with van der Waals surface area (Å²) in [6.07, 6.45) is 4.59. The first kappa shape index (κ1) is 11.8. The lowest BCUT2D eigenvalue weighted by Crippen LogP contribution is -2.07. The van der Waals surface area contributed by atoms with E-state index in [0.717, 1.165) is 17.3 Å². The van der Waals surface area contributed by atoms with Crippen molar-refractivity contribution >= 4 is 17.7 Å². The fourth-order valence-electron chi connectivity index (χ4n) is 1.21. The second kappa shape index (κ2) is 5.62. The van der Waals surface area contributed by atoms with Gasteiger partial charge in [-0.3, -0.25) is 0 Å². The molecule has 0 fully saturated rings. The second-order valence-corrected chi connectivity index (χ2v) is 4.35. The Bertz CT molecular complexity index is 470. The molecule has 0 aromatic carbocycles. The van der Waals surface area contributed by atoms with Crippen LogP contribution in [0.3, 0.4) is 0 Å². The summed E-state index contributed by atoms with van der Waals surface area (Å²) in [4.78, 5) is 12.9. The third kappa shape index (κ3) is 2.94. The van der Waals surface area contributed by atoms with Crippen molar-refractivity contribution in [3.63, 3.8) is 0 Å². The van der Waals surface area contributed by atoms with Crippen molar-refractivity contribution < 1.29 is 0 Å². The number of anilines is 1. The summed E-state index contributed by atoms with van der Waals surface area (Å²) >= 11 is 1.62. The van der Waals surface area contributed by atoms with Crippen molar-refractivity contribution in [3.05, 3.63) is 18.5 Å². The van der Waals surface area contributed by atoms with E-state index in [1.165, 1.54) is 0 Å². The largest absolute Gasteiger partial charge is 0.357 e. The number of rotatable bonds is 5. The Hall–Kier alpha value is -1.63. The molecule has 0 unspecified atom stereocenters. The van der Waals surface area contributed by atoms with Gasteiger partial charge in [0.1, 0.15) is 0 Å². The van der Waals surface area contributed by atoms with E-state index in [0.29, 0.717) is 11.9 Å². The first-order chi connectivity index (χ1) is 8.33. The van der Waals surface area contributed by atoms with E-state index < -0.39 is 0 Å². The van der Waals surface area contributed by atoms with Gasteiger partial charge in [-0.25, -0.2) is 4.68 Å². The first-order valence-electron chi connectivity index (χ1n) is 5.40. The zero-order valence-corrected chi connectivity index (χ0v) is 10.6. The van der Waals surface area contributed by atoms with Crippen molar-refractivity contribution in [2.45, 2.75) is 18.5 Å². The summed E-state index contributed by atoms with van der Waals surface area (Å²) in [6.45, 7) is 2.13. The molecule has 0 spiro atoms. The van der Waals surface area contributed by atoms with Crippen LogP contribution in [-0.2, 0) is 0 Å². The van der Waals surface area contributed by atoms with Crippen LogP contribution in [0.25, 0.3) is 5.95 Å². The van der Waals surface area contributed by atoms with Crippen molar-refractivity contribution in [3.8, 4) is 5.95 Å².